The molecule has 6 nitrogen and oxygen atoms in total. The van der Waals surface area contributed by atoms with Crippen molar-refractivity contribution in [3.05, 3.63) is 53.6 Å². The van der Waals surface area contributed by atoms with Gasteiger partial charge in [-0.3, -0.25) is 4.79 Å². The summed E-state index contributed by atoms with van der Waals surface area (Å²) < 4.78 is 11.8. The zero-order valence-corrected chi connectivity index (χ0v) is 17.5. The number of hydrogen-bond donors (Lipinski definition) is 2. The number of aliphatic hydroxyl groups excluding tert-OH is 1. The van der Waals surface area contributed by atoms with Crippen LogP contribution in [0.25, 0.3) is 0 Å². The lowest BCUT2D eigenvalue weighted by Gasteiger charge is -2.19. The minimum Gasteiger partial charge on any atom is -0.492 e. The van der Waals surface area contributed by atoms with Crippen molar-refractivity contribution in [2.75, 3.05) is 37.7 Å². The molecule has 6 heteroatoms. The predicted octanol–water partition coefficient (Wildman–Crippen LogP) is 3.02. The Morgan fingerprint density at radius 1 is 1.10 bits per heavy atom. The standard InChI is InChI=1S/C24H30N2O4/c1-17-16-20(6-9-22(17)29-15-12-25-11-14-27)26-13-10-23(24(26)28)30-21-7-4-19(5-8-21)18-2-3-18/h4-9,16,18,23,25,27H,2-3,10-15H2,1H3/t23-/m0/s1. The molecule has 4 rings (SSSR count). The zero-order chi connectivity index (χ0) is 20.9. The van der Waals surface area contributed by atoms with Gasteiger partial charge in [0, 0.05) is 31.7 Å². The molecule has 160 valence electrons. The van der Waals surface area contributed by atoms with E-state index < -0.39 is 6.10 Å². The Hall–Kier alpha value is -2.57. The first-order valence-corrected chi connectivity index (χ1v) is 10.8. The molecule has 0 aromatic heterocycles. The molecular formula is C24H30N2O4. The molecule has 2 aliphatic rings. The van der Waals surface area contributed by atoms with E-state index in [9.17, 15) is 4.79 Å². The zero-order valence-electron chi connectivity index (χ0n) is 17.5. The number of nitrogens with one attached hydrogen (secondary N) is 1. The van der Waals surface area contributed by atoms with E-state index in [1.807, 2.05) is 37.3 Å². The fourth-order valence-corrected chi connectivity index (χ4v) is 3.82. The van der Waals surface area contributed by atoms with E-state index in [0.717, 1.165) is 28.7 Å². The molecule has 0 spiro atoms. The third-order valence-corrected chi connectivity index (χ3v) is 5.66. The summed E-state index contributed by atoms with van der Waals surface area (Å²) in [6, 6.07) is 14.0. The van der Waals surface area contributed by atoms with E-state index in [0.29, 0.717) is 32.7 Å². The molecule has 1 saturated heterocycles. The Kier molecular flexibility index (Phi) is 6.55. The van der Waals surface area contributed by atoms with E-state index in [1.165, 1.54) is 18.4 Å². The lowest BCUT2D eigenvalue weighted by Crippen LogP contribution is -2.32. The van der Waals surface area contributed by atoms with Gasteiger partial charge in [-0.1, -0.05) is 12.1 Å². The highest BCUT2D eigenvalue weighted by atomic mass is 16.5. The smallest absolute Gasteiger partial charge is 0.268 e. The Morgan fingerprint density at radius 2 is 1.90 bits per heavy atom. The summed E-state index contributed by atoms with van der Waals surface area (Å²) in [7, 11) is 0. The number of hydrogen-bond acceptors (Lipinski definition) is 5. The number of anilines is 1. The van der Waals surface area contributed by atoms with Gasteiger partial charge in [-0.15, -0.1) is 0 Å². The second kappa shape index (κ2) is 9.49. The van der Waals surface area contributed by atoms with E-state index in [4.69, 9.17) is 14.6 Å². The first-order chi connectivity index (χ1) is 14.7. The molecule has 0 bridgehead atoms. The summed E-state index contributed by atoms with van der Waals surface area (Å²) in [5.41, 5.74) is 3.23. The molecule has 1 atom stereocenters. The second-order valence-electron chi connectivity index (χ2n) is 8.00. The maximum Gasteiger partial charge on any atom is 0.268 e. The van der Waals surface area contributed by atoms with Crippen LogP contribution >= 0.6 is 0 Å². The number of ether oxygens (including phenoxy) is 2. The number of amides is 1. The topological polar surface area (TPSA) is 71.0 Å². The van der Waals surface area contributed by atoms with Gasteiger partial charge < -0.3 is 24.8 Å². The van der Waals surface area contributed by atoms with Crippen molar-refractivity contribution in [3.8, 4) is 11.5 Å². The van der Waals surface area contributed by atoms with Crippen molar-refractivity contribution in [3.63, 3.8) is 0 Å². The molecule has 1 saturated carbocycles. The molecule has 2 aromatic carbocycles. The van der Waals surface area contributed by atoms with Crippen molar-refractivity contribution < 1.29 is 19.4 Å². The van der Waals surface area contributed by atoms with Gasteiger partial charge in [-0.2, -0.15) is 0 Å². The van der Waals surface area contributed by atoms with Crippen LogP contribution in [0.4, 0.5) is 5.69 Å². The first-order valence-electron chi connectivity index (χ1n) is 10.8. The average Bonchev–Trinajstić information content (AvgIpc) is 3.54. The lowest BCUT2D eigenvalue weighted by molar-refractivity contribution is -0.122. The monoisotopic (exact) mass is 410 g/mol. The molecule has 2 N–H and O–H groups in total. The van der Waals surface area contributed by atoms with Gasteiger partial charge in [0.25, 0.3) is 5.91 Å². The van der Waals surface area contributed by atoms with Gasteiger partial charge in [0.2, 0.25) is 0 Å². The molecule has 1 heterocycles. The van der Waals surface area contributed by atoms with Crippen LogP contribution in [-0.2, 0) is 4.79 Å². The number of nitrogens with zero attached hydrogens (tertiary/aromatic N) is 1. The fraction of sp³-hybridized carbons (Fsp3) is 0.458. The van der Waals surface area contributed by atoms with Crippen LogP contribution < -0.4 is 19.7 Å². The van der Waals surface area contributed by atoms with E-state index in [2.05, 4.69) is 17.4 Å². The quantitative estimate of drug-likeness (QED) is 0.589. The molecular weight excluding hydrogens is 380 g/mol. The van der Waals surface area contributed by atoms with Crippen LogP contribution in [0.15, 0.2) is 42.5 Å². The molecule has 30 heavy (non-hydrogen) atoms. The van der Waals surface area contributed by atoms with Gasteiger partial charge >= 0.3 is 0 Å². The number of benzene rings is 2. The number of aryl methyl sites for hydroxylation is 1. The van der Waals surface area contributed by atoms with Gasteiger partial charge in [-0.25, -0.2) is 0 Å². The van der Waals surface area contributed by atoms with Crippen LogP contribution in [0.5, 0.6) is 11.5 Å². The minimum absolute atomic E-state index is 0.00235. The maximum absolute atomic E-state index is 12.9. The Bertz CT molecular complexity index is 864. The van der Waals surface area contributed by atoms with E-state index >= 15 is 0 Å². The molecule has 0 radical (unpaired) electrons. The Balaban J connectivity index is 1.33. The van der Waals surface area contributed by atoms with Crippen LogP contribution in [0.3, 0.4) is 0 Å². The van der Waals surface area contributed by atoms with Crippen LogP contribution in [0.1, 0.15) is 36.3 Å². The highest BCUT2D eigenvalue weighted by molar-refractivity contribution is 5.99. The Labute approximate surface area is 177 Å². The third-order valence-electron chi connectivity index (χ3n) is 5.66. The molecule has 1 aliphatic carbocycles. The summed E-state index contributed by atoms with van der Waals surface area (Å²) in [6.45, 7) is 4.51. The number of aliphatic hydroxyl groups is 1. The average molecular weight is 411 g/mol. The highest BCUT2D eigenvalue weighted by Crippen LogP contribution is 2.40. The van der Waals surface area contributed by atoms with E-state index in [-0.39, 0.29) is 12.5 Å². The number of carbonyl (C=O) groups is 1. The maximum atomic E-state index is 12.9. The van der Waals surface area contributed by atoms with Crippen molar-refractivity contribution in [2.24, 2.45) is 0 Å². The van der Waals surface area contributed by atoms with Crippen LogP contribution in [0, 0.1) is 6.92 Å². The van der Waals surface area contributed by atoms with Crippen molar-refractivity contribution in [2.45, 2.75) is 38.2 Å². The molecule has 1 aliphatic heterocycles. The summed E-state index contributed by atoms with van der Waals surface area (Å²) in [6.07, 6.45) is 2.79. The predicted molar refractivity (Wildman–Crippen MR) is 116 cm³/mol. The lowest BCUT2D eigenvalue weighted by atomic mass is 10.1. The second-order valence-corrected chi connectivity index (χ2v) is 8.00. The first kappa shape index (κ1) is 20.7. The SMILES string of the molecule is Cc1cc(N2CC[C@H](Oc3ccc(C4CC4)cc3)C2=O)ccc1OCCNCCO. The fourth-order valence-electron chi connectivity index (χ4n) is 3.82. The van der Waals surface area contributed by atoms with Gasteiger partial charge in [0.1, 0.15) is 18.1 Å². The largest absolute Gasteiger partial charge is 0.492 e. The summed E-state index contributed by atoms with van der Waals surface area (Å²) >= 11 is 0. The van der Waals surface area contributed by atoms with Gasteiger partial charge in [-0.05, 0) is 67.1 Å². The van der Waals surface area contributed by atoms with Gasteiger partial charge in [0.15, 0.2) is 6.10 Å². The summed E-state index contributed by atoms with van der Waals surface area (Å²) in [5.74, 6) is 2.28. The van der Waals surface area contributed by atoms with Crippen LogP contribution in [-0.4, -0.2) is 50.0 Å². The number of rotatable bonds is 10. The normalized spacial score (nSPS) is 18.7. The molecule has 0 unspecified atom stereocenters. The van der Waals surface area contributed by atoms with Gasteiger partial charge in [0.05, 0.1) is 6.61 Å². The molecule has 2 aromatic rings. The Morgan fingerprint density at radius 3 is 2.60 bits per heavy atom. The van der Waals surface area contributed by atoms with E-state index in [1.54, 1.807) is 4.90 Å². The highest BCUT2D eigenvalue weighted by Gasteiger charge is 2.34. The van der Waals surface area contributed by atoms with Crippen LogP contribution in [0.2, 0.25) is 0 Å². The summed E-state index contributed by atoms with van der Waals surface area (Å²) in [5, 5.41) is 11.9. The van der Waals surface area contributed by atoms with Crippen molar-refractivity contribution in [1.29, 1.82) is 0 Å². The summed E-state index contributed by atoms with van der Waals surface area (Å²) in [4.78, 5) is 14.7. The number of carbonyl (C=O) groups excluding carboxylic acids is 1. The van der Waals surface area contributed by atoms with Crippen molar-refractivity contribution >= 4 is 11.6 Å². The molecule has 1 amide bonds. The minimum atomic E-state index is -0.439. The third kappa shape index (κ3) is 4.94. The molecule has 2 fully saturated rings. The van der Waals surface area contributed by atoms with Crippen molar-refractivity contribution in [1.82, 2.24) is 5.32 Å².